The molecule has 1 aliphatic carbocycles. The topological polar surface area (TPSA) is 106 Å². The van der Waals surface area contributed by atoms with Crippen molar-refractivity contribution in [3.8, 4) is 11.5 Å². The molecule has 0 radical (unpaired) electrons. The minimum Gasteiger partial charge on any atom is -0.334 e. The van der Waals surface area contributed by atoms with Gasteiger partial charge in [0.05, 0.1) is 5.54 Å². The summed E-state index contributed by atoms with van der Waals surface area (Å²) in [7, 11) is 0. The van der Waals surface area contributed by atoms with Crippen molar-refractivity contribution in [1.29, 1.82) is 0 Å². The minimum absolute atomic E-state index is 0.317. The average Bonchev–Trinajstić information content (AvgIpc) is 3.13. The van der Waals surface area contributed by atoms with E-state index in [2.05, 4.69) is 20.8 Å². The number of carbonyl (C=O) groups is 1. The molecule has 1 fully saturated rings. The average molecular weight is 363 g/mol. The summed E-state index contributed by atoms with van der Waals surface area (Å²) in [6.07, 6.45) is 2.81. The number of anilines is 2. The van der Waals surface area contributed by atoms with E-state index >= 15 is 0 Å². The van der Waals surface area contributed by atoms with Crippen molar-refractivity contribution in [3.63, 3.8) is 0 Å². The first-order valence-electron chi connectivity index (χ1n) is 8.91. The van der Waals surface area contributed by atoms with E-state index in [1.165, 1.54) is 0 Å². The van der Waals surface area contributed by atoms with Gasteiger partial charge in [-0.3, -0.25) is 0 Å². The highest BCUT2D eigenvalue weighted by Gasteiger charge is 2.39. The van der Waals surface area contributed by atoms with Gasteiger partial charge in [-0.25, -0.2) is 4.79 Å². The largest absolute Gasteiger partial charge is 0.334 e. The molecule has 2 amide bonds. The molecule has 1 heterocycles. The van der Waals surface area contributed by atoms with Gasteiger partial charge >= 0.3 is 6.03 Å². The van der Waals surface area contributed by atoms with Gasteiger partial charge in [0, 0.05) is 16.9 Å². The Hall–Kier alpha value is -3.19. The number of hydrogen-bond donors (Lipinski definition) is 3. The molecule has 0 bridgehead atoms. The van der Waals surface area contributed by atoms with Crippen LogP contribution in [0.15, 0.2) is 53.1 Å². The van der Waals surface area contributed by atoms with E-state index in [9.17, 15) is 4.79 Å². The standard InChI is InChI=1S/C20H21N5O2/c1-13-8-9-14(17-24-18(25-27-17)20(21)10-5-11-20)12-16(13)23-19(26)22-15-6-3-2-4-7-15/h2-4,6-9,12H,5,10-11,21H2,1H3,(H2,22,23,26). The van der Waals surface area contributed by atoms with E-state index < -0.39 is 5.54 Å². The van der Waals surface area contributed by atoms with Gasteiger partial charge in [-0.1, -0.05) is 29.4 Å². The van der Waals surface area contributed by atoms with Gasteiger partial charge in [-0.15, -0.1) is 0 Å². The van der Waals surface area contributed by atoms with Crippen LogP contribution in [0.4, 0.5) is 16.2 Å². The molecule has 4 rings (SSSR count). The Morgan fingerprint density at radius 2 is 1.93 bits per heavy atom. The Morgan fingerprint density at radius 1 is 1.15 bits per heavy atom. The Balaban J connectivity index is 1.52. The zero-order chi connectivity index (χ0) is 18.9. The van der Waals surface area contributed by atoms with Gasteiger partial charge in [0.25, 0.3) is 5.89 Å². The molecule has 1 aliphatic rings. The predicted octanol–water partition coefficient (Wildman–Crippen LogP) is 4.03. The molecule has 2 aromatic carbocycles. The van der Waals surface area contributed by atoms with Crippen LogP contribution in [0, 0.1) is 6.92 Å². The molecule has 0 saturated heterocycles. The molecule has 0 aliphatic heterocycles. The number of nitrogens with zero attached hydrogens (tertiary/aromatic N) is 2. The molecule has 27 heavy (non-hydrogen) atoms. The number of carbonyl (C=O) groups excluding carboxylic acids is 1. The Bertz CT molecular complexity index is 964. The van der Waals surface area contributed by atoms with Crippen LogP contribution in [0.1, 0.15) is 30.7 Å². The molecule has 0 spiro atoms. The zero-order valence-corrected chi connectivity index (χ0v) is 15.0. The van der Waals surface area contributed by atoms with E-state index in [0.717, 1.165) is 36.1 Å². The SMILES string of the molecule is Cc1ccc(-c2nc(C3(N)CCC3)no2)cc1NC(=O)Nc1ccccc1. The molecule has 1 aromatic heterocycles. The van der Waals surface area contributed by atoms with E-state index in [1.807, 2.05) is 55.5 Å². The van der Waals surface area contributed by atoms with E-state index in [0.29, 0.717) is 17.4 Å². The summed E-state index contributed by atoms with van der Waals surface area (Å²) in [4.78, 5) is 16.7. The number of nitrogens with two attached hydrogens (primary N) is 1. The fourth-order valence-corrected chi connectivity index (χ4v) is 3.02. The van der Waals surface area contributed by atoms with Crippen LogP contribution in [0.5, 0.6) is 0 Å². The Labute approximate surface area is 157 Å². The van der Waals surface area contributed by atoms with Gasteiger partial charge in [-0.05, 0) is 56.0 Å². The minimum atomic E-state index is -0.469. The van der Waals surface area contributed by atoms with Gasteiger partial charge in [0.1, 0.15) is 0 Å². The van der Waals surface area contributed by atoms with Crippen molar-refractivity contribution in [3.05, 3.63) is 59.9 Å². The van der Waals surface area contributed by atoms with Crippen LogP contribution in [0.3, 0.4) is 0 Å². The number of aromatic nitrogens is 2. The normalized spacial score (nSPS) is 15.0. The number of para-hydroxylation sites is 1. The number of urea groups is 1. The van der Waals surface area contributed by atoms with Crippen molar-refractivity contribution in [1.82, 2.24) is 10.1 Å². The molecular formula is C20H21N5O2. The van der Waals surface area contributed by atoms with E-state index in [1.54, 1.807) is 0 Å². The smallest absolute Gasteiger partial charge is 0.323 e. The fourth-order valence-electron chi connectivity index (χ4n) is 3.02. The van der Waals surface area contributed by atoms with Crippen molar-refractivity contribution >= 4 is 17.4 Å². The van der Waals surface area contributed by atoms with Gasteiger partial charge in [0.15, 0.2) is 5.82 Å². The van der Waals surface area contributed by atoms with Gasteiger partial charge in [0.2, 0.25) is 0 Å². The Morgan fingerprint density at radius 3 is 2.63 bits per heavy atom. The fraction of sp³-hybridized carbons (Fsp3) is 0.250. The second kappa shape index (κ2) is 6.85. The van der Waals surface area contributed by atoms with Crippen LogP contribution in [-0.2, 0) is 5.54 Å². The molecular weight excluding hydrogens is 342 g/mol. The molecule has 7 nitrogen and oxygen atoms in total. The second-order valence-electron chi connectivity index (χ2n) is 6.91. The first-order valence-corrected chi connectivity index (χ1v) is 8.91. The lowest BCUT2D eigenvalue weighted by molar-refractivity contribution is 0.229. The zero-order valence-electron chi connectivity index (χ0n) is 15.0. The predicted molar refractivity (Wildman–Crippen MR) is 103 cm³/mol. The summed E-state index contributed by atoms with van der Waals surface area (Å²) in [6, 6.07) is 14.6. The van der Waals surface area contributed by atoms with Crippen molar-refractivity contribution < 1.29 is 9.32 Å². The van der Waals surface area contributed by atoms with Crippen molar-refractivity contribution in [2.45, 2.75) is 31.7 Å². The number of amides is 2. The lowest BCUT2D eigenvalue weighted by Gasteiger charge is -2.34. The summed E-state index contributed by atoms with van der Waals surface area (Å²) in [5.41, 5.74) is 8.84. The van der Waals surface area contributed by atoms with Crippen LogP contribution < -0.4 is 16.4 Å². The van der Waals surface area contributed by atoms with Crippen LogP contribution in [-0.4, -0.2) is 16.2 Å². The van der Waals surface area contributed by atoms with Crippen LogP contribution in [0.2, 0.25) is 0 Å². The van der Waals surface area contributed by atoms with Crippen LogP contribution >= 0.6 is 0 Å². The van der Waals surface area contributed by atoms with E-state index in [4.69, 9.17) is 10.3 Å². The number of benzene rings is 2. The first kappa shape index (κ1) is 17.2. The first-order chi connectivity index (χ1) is 13.0. The molecule has 1 saturated carbocycles. The highest BCUT2D eigenvalue weighted by Crippen LogP contribution is 2.37. The van der Waals surface area contributed by atoms with Gasteiger partial charge < -0.3 is 20.9 Å². The third-order valence-corrected chi connectivity index (χ3v) is 4.88. The maximum absolute atomic E-state index is 12.3. The summed E-state index contributed by atoms with van der Waals surface area (Å²) in [5.74, 6) is 0.939. The molecule has 7 heteroatoms. The maximum atomic E-state index is 12.3. The molecule has 0 unspecified atom stereocenters. The lowest BCUT2D eigenvalue weighted by Crippen LogP contribution is -2.44. The number of rotatable bonds is 4. The second-order valence-corrected chi connectivity index (χ2v) is 6.91. The summed E-state index contributed by atoms with van der Waals surface area (Å²) in [5, 5.41) is 9.71. The number of aryl methyl sites for hydroxylation is 1. The summed E-state index contributed by atoms with van der Waals surface area (Å²) < 4.78 is 5.40. The number of hydrogen-bond acceptors (Lipinski definition) is 5. The maximum Gasteiger partial charge on any atom is 0.323 e. The third-order valence-electron chi connectivity index (χ3n) is 4.88. The highest BCUT2D eigenvalue weighted by molar-refractivity contribution is 6.00. The lowest BCUT2D eigenvalue weighted by atomic mass is 9.77. The molecule has 3 aromatic rings. The highest BCUT2D eigenvalue weighted by atomic mass is 16.5. The number of nitrogens with one attached hydrogen (secondary N) is 2. The molecule has 138 valence electrons. The van der Waals surface area contributed by atoms with Gasteiger partial charge in [-0.2, -0.15) is 4.98 Å². The summed E-state index contributed by atoms with van der Waals surface area (Å²) >= 11 is 0. The molecule has 4 N–H and O–H groups in total. The van der Waals surface area contributed by atoms with E-state index in [-0.39, 0.29) is 6.03 Å². The van der Waals surface area contributed by atoms with Crippen LogP contribution in [0.25, 0.3) is 11.5 Å². The van der Waals surface area contributed by atoms with Crippen molar-refractivity contribution in [2.24, 2.45) is 5.73 Å². The Kier molecular flexibility index (Phi) is 4.37. The summed E-state index contributed by atoms with van der Waals surface area (Å²) in [6.45, 7) is 1.92. The third kappa shape index (κ3) is 3.54. The molecule has 0 atom stereocenters. The quantitative estimate of drug-likeness (QED) is 0.649. The monoisotopic (exact) mass is 363 g/mol. The van der Waals surface area contributed by atoms with Crippen molar-refractivity contribution in [2.75, 3.05) is 10.6 Å².